The number of methoxy groups -OCH3 is 1. The lowest BCUT2D eigenvalue weighted by molar-refractivity contribution is -0.150. The van der Waals surface area contributed by atoms with Crippen LogP contribution in [0.2, 0.25) is 0 Å². The van der Waals surface area contributed by atoms with E-state index in [4.69, 9.17) is 9.47 Å². The Morgan fingerprint density at radius 2 is 1.59 bits per heavy atom. The van der Waals surface area contributed by atoms with Gasteiger partial charge in [0.25, 0.3) is 5.91 Å². The Balaban J connectivity index is 1.76. The number of benzene rings is 2. The second-order valence-electron chi connectivity index (χ2n) is 7.99. The van der Waals surface area contributed by atoms with Crippen LogP contribution in [-0.4, -0.2) is 41.2 Å². The van der Waals surface area contributed by atoms with Crippen LogP contribution in [0.25, 0.3) is 0 Å². The van der Waals surface area contributed by atoms with Crippen molar-refractivity contribution in [1.82, 2.24) is 10.3 Å². The van der Waals surface area contributed by atoms with Crippen LogP contribution in [0.4, 0.5) is 4.39 Å². The predicted octanol–water partition coefficient (Wildman–Crippen LogP) is 4.13. The van der Waals surface area contributed by atoms with Crippen LogP contribution in [0, 0.1) is 12.7 Å². The topological polar surface area (TPSA) is 97.8 Å². The van der Waals surface area contributed by atoms with Gasteiger partial charge in [-0.05, 0) is 44.0 Å². The number of nitrogens with zero attached hydrogens (tertiary/aromatic N) is 1. The van der Waals surface area contributed by atoms with E-state index in [1.54, 1.807) is 19.1 Å². The van der Waals surface area contributed by atoms with Crippen LogP contribution in [-0.2, 0) is 9.53 Å². The molecule has 3 atom stereocenters. The molecule has 0 aliphatic heterocycles. The average molecular weight is 467 g/mol. The average Bonchev–Trinajstić information content (AvgIpc) is 2.81. The van der Waals surface area contributed by atoms with E-state index in [2.05, 4.69) is 10.3 Å². The first kappa shape index (κ1) is 24.7. The minimum absolute atomic E-state index is 0.0873. The molecule has 1 heterocycles. The molecule has 1 amide bonds. The van der Waals surface area contributed by atoms with Crippen LogP contribution in [0.3, 0.4) is 0 Å². The van der Waals surface area contributed by atoms with Crippen molar-refractivity contribution in [3.05, 3.63) is 89.0 Å². The molecule has 0 aliphatic rings. The fraction of sp³-hybridized carbons (Fsp3) is 0.269. The highest BCUT2D eigenvalue weighted by Crippen LogP contribution is 2.31. The van der Waals surface area contributed by atoms with Crippen molar-refractivity contribution in [2.75, 3.05) is 7.11 Å². The summed E-state index contributed by atoms with van der Waals surface area (Å²) in [5, 5.41) is 12.6. The van der Waals surface area contributed by atoms with Crippen molar-refractivity contribution in [3.63, 3.8) is 0 Å². The molecule has 178 valence electrons. The Morgan fingerprint density at radius 3 is 2.18 bits per heavy atom. The number of aryl methyl sites for hydroxylation is 1. The van der Waals surface area contributed by atoms with Crippen molar-refractivity contribution in [3.8, 4) is 11.5 Å². The van der Waals surface area contributed by atoms with E-state index in [9.17, 15) is 19.1 Å². The molecule has 34 heavy (non-hydrogen) atoms. The number of aromatic hydroxyl groups is 1. The molecule has 1 aromatic heterocycles. The van der Waals surface area contributed by atoms with Gasteiger partial charge in [0.05, 0.1) is 7.11 Å². The molecule has 0 spiro atoms. The van der Waals surface area contributed by atoms with Crippen LogP contribution in [0.1, 0.15) is 46.9 Å². The third kappa shape index (κ3) is 5.70. The molecule has 0 radical (unpaired) electrons. The molecule has 3 aromatic rings. The maximum Gasteiger partial charge on any atom is 0.328 e. The van der Waals surface area contributed by atoms with E-state index in [0.29, 0.717) is 0 Å². The number of ether oxygens (including phenoxy) is 2. The van der Waals surface area contributed by atoms with E-state index < -0.39 is 29.8 Å². The van der Waals surface area contributed by atoms with Crippen LogP contribution >= 0.6 is 0 Å². The van der Waals surface area contributed by atoms with Gasteiger partial charge in [0.15, 0.2) is 17.2 Å². The maximum absolute atomic E-state index is 13.5. The molecule has 0 aliphatic carbocycles. The highest BCUT2D eigenvalue weighted by Gasteiger charge is 2.28. The second-order valence-corrected chi connectivity index (χ2v) is 7.99. The van der Waals surface area contributed by atoms with Gasteiger partial charge in [-0.2, -0.15) is 0 Å². The highest BCUT2D eigenvalue weighted by atomic mass is 19.1. The summed E-state index contributed by atoms with van der Waals surface area (Å²) in [6.45, 7) is 5.19. The third-order valence-corrected chi connectivity index (χ3v) is 5.46. The summed E-state index contributed by atoms with van der Waals surface area (Å²) < 4.78 is 24.2. The predicted molar refractivity (Wildman–Crippen MR) is 124 cm³/mol. The van der Waals surface area contributed by atoms with Gasteiger partial charge in [0.1, 0.15) is 18.0 Å². The van der Waals surface area contributed by atoms with Gasteiger partial charge >= 0.3 is 5.97 Å². The van der Waals surface area contributed by atoms with Crippen LogP contribution in [0.5, 0.6) is 11.5 Å². The van der Waals surface area contributed by atoms with Gasteiger partial charge in [-0.1, -0.05) is 42.0 Å². The molecule has 3 rings (SSSR count). The van der Waals surface area contributed by atoms with Crippen LogP contribution < -0.4 is 10.1 Å². The SMILES string of the molecule is COc1ccnc(C(=O)N[C@@H](C)C(=O)O[C@@H](C)[C@H](c2ccc(C)cc2)c2ccc(F)cc2)c1O. The van der Waals surface area contributed by atoms with E-state index in [1.807, 2.05) is 31.2 Å². The minimum atomic E-state index is -1.02. The zero-order chi connectivity index (χ0) is 24.8. The zero-order valence-corrected chi connectivity index (χ0v) is 19.4. The number of nitrogens with one attached hydrogen (secondary N) is 1. The number of halogens is 1. The van der Waals surface area contributed by atoms with Crippen LogP contribution in [0.15, 0.2) is 60.8 Å². The lowest BCUT2D eigenvalue weighted by Gasteiger charge is -2.26. The Hall–Kier alpha value is -3.94. The van der Waals surface area contributed by atoms with Crippen molar-refractivity contribution in [2.24, 2.45) is 0 Å². The van der Waals surface area contributed by atoms with Gasteiger partial charge in [-0.15, -0.1) is 0 Å². The lowest BCUT2D eigenvalue weighted by atomic mass is 9.87. The summed E-state index contributed by atoms with van der Waals surface area (Å²) >= 11 is 0. The van der Waals surface area contributed by atoms with E-state index >= 15 is 0 Å². The molecule has 0 saturated heterocycles. The maximum atomic E-state index is 13.5. The van der Waals surface area contributed by atoms with Crippen molar-refractivity contribution in [2.45, 2.75) is 38.8 Å². The van der Waals surface area contributed by atoms with Gasteiger partial charge in [0, 0.05) is 18.2 Å². The van der Waals surface area contributed by atoms with Gasteiger partial charge in [-0.25, -0.2) is 14.2 Å². The number of hydrogen-bond acceptors (Lipinski definition) is 6. The van der Waals surface area contributed by atoms with E-state index in [1.165, 1.54) is 38.4 Å². The first-order chi connectivity index (χ1) is 16.2. The number of aromatic nitrogens is 1. The highest BCUT2D eigenvalue weighted by molar-refractivity contribution is 5.97. The molecule has 0 saturated carbocycles. The summed E-state index contributed by atoms with van der Waals surface area (Å²) in [5.41, 5.74) is 2.50. The number of hydrogen-bond donors (Lipinski definition) is 2. The zero-order valence-electron chi connectivity index (χ0n) is 19.4. The van der Waals surface area contributed by atoms with Crippen molar-refractivity contribution in [1.29, 1.82) is 0 Å². The fourth-order valence-corrected chi connectivity index (χ4v) is 3.62. The standard InChI is InChI=1S/C26H27FN2O5/c1-15-5-7-18(8-6-15)22(19-9-11-20(27)12-10-19)17(3)34-26(32)16(2)29-25(31)23-24(30)21(33-4)13-14-28-23/h5-14,16-17,22,30H,1-4H3,(H,29,31)/t16-,17-,22+/m0/s1. The van der Waals surface area contributed by atoms with Gasteiger partial charge in [-0.3, -0.25) is 4.79 Å². The summed E-state index contributed by atoms with van der Waals surface area (Å²) in [5.74, 6) is -2.46. The van der Waals surface area contributed by atoms with Gasteiger partial charge < -0.3 is 19.9 Å². The monoisotopic (exact) mass is 466 g/mol. The number of carbonyl (C=O) groups is 2. The third-order valence-electron chi connectivity index (χ3n) is 5.46. The number of rotatable bonds is 8. The Kier molecular flexibility index (Phi) is 7.83. The fourth-order valence-electron chi connectivity index (χ4n) is 3.62. The largest absolute Gasteiger partial charge is 0.503 e. The Bertz CT molecular complexity index is 1100. The summed E-state index contributed by atoms with van der Waals surface area (Å²) in [6.07, 6.45) is 0.691. The molecule has 7 nitrogen and oxygen atoms in total. The summed E-state index contributed by atoms with van der Waals surface area (Å²) in [6, 6.07) is 14.2. The summed E-state index contributed by atoms with van der Waals surface area (Å²) in [4.78, 5) is 29.2. The normalized spacial score (nSPS) is 13.4. The van der Waals surface area contributed by atoms with Gasteiger partial charge in [0.2, 0.25) is 0 Å². The minimum Gasteiger partial charge on any atom is -0.503 e. The molecule has 0 bridgehead atoms. The summed E-state index contributed by atoms with van der Waals surface area (Å²) in [7, 11) is 1.35. The molecule has 8 heteroatoms. The number of pyridine rings is 1. The smallest absolute Gasteiger partial charge is 0.328 e. The Labute approximate surface area is 197 Å². The second kappa shape index (κ2) is 10.8. The number of esters is 1. The van der Waals surface area contributed by atoms with E-state index in [0.717, 1.165) is 16.7 Å². The number of carbonyl (C=O) groups excluding carboxylic acids is 2. The molecular weight excluding hydrogens is 439 g/mol. The Morgan fingerprint density at radius 1 is 1.00 bits per heavy atom. The lowest BCUT2D eigenvalue weighted by Crippen LogP contribution is -2.41. The van der Waals surface area contributed by atoms with Crippen molar-refractivity contribution >= 4 is 11.9 Å². The van der Waals surface area contributed by atoms with E-state index in [-0.39, 0.29) is 23.2 Å². The molecule has 0 fully saturated rings. The van der Waals surface area contributed by atoms with Crippen molar-refractivity contribution < 1.29 is 28.6 Å². The molecule has 2 N–H and O–H groups in total. The molecule has 0 unspecified atom stereocenters. The number of amides is 1. The first-order valence-electron chi connectivity index (χ1n) is 10.8. The molecule has 2 aromatic carbocycles. The first-order valence-corrected chi connectivity index (χ1v) is 10.8. The quantitative estimate of drug-likeness (QED) is 0.485. The molecular formula is C26H27FN2O5.